The number of carbonyl (C=O) groups is 2. The number of methoxy groups -OCH3 is 1. The Hall–Kier alpha value is -4.59. The van der Waals surface area contributed by atoms with Crippen LogP contribution in [0.2, 0.25) is 5.02 Å². The van der Waals surface area contributed by atoms with E-state index in [1.54, 1.807) is 13.8 Å². The fourth-order valence-electron chi connectivity index (χ4n) is 3.34. The van der Waals surface area contributed by atoms with Crippen molar-refractivity contribution in [3.8, 4) is 28.4 Å². The van der Waals surface area contributed by atoms with E-state index in [1.165, 1.54) is 25.4 Å². The monoisotopic (exact) mass is 547 g/mol. The minimum absolute atomic E-state index is 0.0334. The fraction of sp³-hybridized carbons (Fsp3) is 0.217. The van der Waals surface area contributed by atoms with Gasteiger partial charge in [-0.2, -0.15) is 4.98 Å². The first-order valence-electron chi connectivity index (χ1n) is 11.0. The summed E-state index contributed by atoms with van der Waals surface area (Å²) in [5.41, 5.74) is 2.60. The van der Waals surface area contributed by atoms with Crippen molar-refractivity contribution in [2.75, 3.05) is 13.7 Å². The van der Waals surface area contributed by atoms with E-state index in [4.69, 9.17) is 25.4 Å². The smallest absolute Gasteiger partial charge is 0.336 e. The summed E-state index contributed by atoms with van der Waals surface area (Å²) in [6.07, 6.45) is 1.29. The van der Waals surface area contributed by atoms with Crippen LogP contribution in [0.3, 0.4) is 0 Å². The molecule has 4 rings (SSSR count). The molecule has 0 radical (unpaired) electrons. The number of benzene rings is 1. The maximum absolute atomic E-state index is 15.0. The van der Waals surface area contributed by atoms with E-state index in [0.29, 0.717) is 0 Å². The van der Waals surface area contributed by atoms with Crippen molar-refractivity contribution < 1.29 is 32.2 Å². The Labute approximate surface area is 218 Å². The highest BCUT2D eigenvalue weighted by Gasteiger charge is 2.22. The van der Waals surface area contributed by atoms with Crippen LogP contribution in [-0.4, -0.2) is 50.9 Å². The number of urea groups is 1. The number of amides is 3. The first kappa shape index (κ1) is 26.5. The number of aryl methyl sites for hydroxylation is 1. The topological polar surface area (TPSA) is 149 Å². The summed E-state index contributed by atoms with van der Waals surface area (Å²) in [6.45, 7) is 2.93. The van der Waals surface area contributed by atoms with Crippen LogP contribution in [0.15, 0.2) is 39.5 Å². The number of pyridine rings is 1. The standard InChI is InChI=1S/C23H20ClF2N7O5/c1-4-33(30-22(34)18-8-19(36-3)31-38-18)23(35)28-10-17-15(25)5-12(9-27-17)14-6-13(24)7-16(26)20(14)21-29-11(2)37-32-21/h5-9H,4,10H2,1-3H3,(H,28,35)(H,30,34). The van der Waals surface area contributed by atoms with Gasteiger partial charge in [-0.3, -0.25) is 15.2 Å². The van der Waals surface area contributed by atoms with Crippen LogP contribution < -0.4 is 15.5 Å². The molecule has 0 unspecified atom stereocenters. The van der Waals surface area contributed by atoms with Gasteiger partial charge < -0.3 is 19.1 Å². The van der Waals surface area contributed by atoms with E-state index in [1.807, 2.05) is 0 Å². The molecule has 3 amide bonds. The van der Waals surface area contributed by atoms with Gasteiger partial charge in [-0.15, -0.1) is 0 Å². The molecule has 12 nitrogen and oxygen atoms in total. The van der Waals surface area contributed by atoms with Crippen molar-refractivity contribution in [1.29, 1.82) is 0 Å². The highest BCUT2D eigenvalue weighted by molar-refractivity contribution is 6.31. The molecule has 15 heteroatoms. The average Bonchev–Trinajstić information content (AvgIpc) is 3.55. The Morgan fingerprint density at radius 3 is 2.55 bits per heavy atom. The summed E-state index contributed by atoms with van der Waals surface area (Å²) < 4.78 is 44.4. The summed E-state index contributed by atoms with van der Waals surface area (Å²) in [5.74, 6) is -2.15. The van der Waals surface area contributed by atoms with Gasteiger partial charge in [0, 0.05) is 30.3 Å². The number of hydrogen-bond acceptors (Lipinski definition) is 9. The third kappa shape index (κ3) is 5.70. The van der Waals surface area contributed by atoms with E-state index in [-0.39, 0.29) is 63.9 Å². The van der Waals surface area contributed by atoms with Crippen LogP contribution >= 0.6 is 11.6 Å². The van der Waals surface area contributed by atoms with Crippen LogP contribution in [0.25, 0.3) is 22.5 Å². The van der Waals surface area contributed by atoms with Crippen molar-refractivity contribution in [1.82, 2.24) is 36.0 Å². The van der Waals surface area contributed by atoms with Crippen molar-refractivity contribution in [2.45, 2.75) is 20.4 Å². The molecule has 198 valence electrons. The highest BCUT2D eigenvalue weighted by Crippen LogP contribution is 2.35. The van der Waals surface area contributed by atoms with Crippen molar-refractivity contribution in [3.63, 3.8) is 0 Å². The Morgan fingerprint density at radius 2 is 1.92 bits per heavy atom. The summed E-state index contributed by atoms with van der Waals surface area (Å²) in [5, 5.41) is 10.8. The van der Waals surface area contributed by atoms with Gasteiger partial charge >= 0.3 is 11.9 Å². The Kier molecular flexibility index (Phi) is 7.81. The lowest BCUT2D eigenvalue weighted by atomic mass is 9.99. The largest absolute Gasteiger partial charge is 0.479 e. The lowest BCUT2D eigenvalue weighted by Gasteiger charge is -2.21. The molecule has 3 heterocycles. The van der Waals surface area contributed by atoms with Crippen LogP contribution in [0, 0.1) is 18.6 Å². The molecule has 0 aliphatic rings. The van der Waals surface area contributed by atoms with E-state index >= 15 is 0 Å². The molecule has 1 aromatic carbocycles. The highest BCUT2D eigenvalue weighted by atomic mass is 35.5. The molecule has 0 bridgehead atoms. The van der Waals surface area contributed by atoms with Crippen LogP contribution in [0.4, 0.5) is 13.6 Å². The van der Waals surface area contributed by atoms with Gasteiger partial charge in [0.2, 0.25) is 17.5 Å². The van der Waals surface area contributed by atoms with Gasteiger partial charge in [-0.1, -0.05) is 16.8 Å². The average molecular weight is 548 g/mol. The van der Waals surface area contributed by atoms with E-state index in [2.05, 4.69) is 31.0 Å². The molecule has 0 atom stereocenters. The minimum Gasteiger partial charge on any atom is -0.479 e. The second kappa shape index (κ2) is 11.2. The molecule has 0 fully saturated rings. The van der Waals surface area contributed by atoms with Crippen molar-refractivity contribution in [3.05, 3.63) is 64.5 Å². The number of nitrogens with zero attached hydrogens (tertiary/aromatic N) is 5. The van der Waals surface area contributed by atoms with Crippen molar-refractivity contribution >= 4 is 23.5 Å². The van der Waals surface area contributed by atoms with Gasteiger partial charge in [0.15, 0.2) is 0 Å². The van der Waals surface area contributed by atoms with Gasteiger partial charge in [0.1, 0.15) is 11.6 Å². The third-order valence-corrected chi connectivity index (χ3v) is 5.38. The van der Waals surface area contributed by atoms with E-state index in [0.717, 1.165) is 17.1 Å². The fourth-order valence-corrected chi connectivity index (χ4v) is 3.55. The molecule has 0 aliphatic heterocycles. The van der Waals surface area contributed by atoms with Gasteiger partial charge in [0.05, 0.1) is 31.0 Å². The maximum Gasteiger partial charge on any atom is 0.336 e. The molecule has 0 saturated carbocycles. The van der Waals surface area contributed by atoms with Crippen LogP contribution in [0.5, 0.6) is 5.88 Å². The molecule has 0 spiro atoms. The predicted octanol–water partition coefficient (Wildman–Crippen LogP) is 3.91. The molecule has 38 heavy (non-hydrogen) atoms. The summed E-state index contributed by atoms with van der Waals surface area (Å²) >= 11 is 6.03. The summed E-state index contributed by atoms with van der Waals surface area (Å²) in [4.78, 5) is 32.9. The van der Waals surface area contributed by atoms with Gasteiger partial charge in [-0.25, -0.2) is 18.6 Å². The SMILES string of the molecule is CCN(NC(=O)c1cc(OC)no1)C(=O)NCc1ncc(-c2cc(Cl)cc(F)c2-c2noc(C)n2)cc1F. The Morgan fingerprint density at radius 1 is 1.13 bits per heavy atom. The molecule has 3 aromatic heterocycles. The lowest BCUT2D eigenvalue weighted by Crippen LogP contribution is -2.50. The number of hydrogen-bond donors (Lipinski definition) is 2. The number of carbonyl (C=O) groups excluding carboxylic acids is 2. The zero-order valence-corrected chi connectivity index (χ0v) is 21.0. The zero-order chi connectivity index (χ0) is 27.4. The number of ether oxygens (including phenoxy) is 1. The summed E-state index contributed by atoms with van der Waals surface area (Å²) in [7, 11) is 1.35. The Balaban J connectivity index is 1.48. The summed E-state index contributed by atoms with van der Waals surface area (Å²) in [6, 6.07) is 4.14. The first-order chi connectivity index (χ1) is 18.2. The van der Waals surface area contributed by atoms with Gasteiger partial charge in [-0.05, 0) is 35.8 Å². The number of halogens is 3. The normalized spacial score (nSPS) is 10.8. The number of aromatic nitrogens is 4. The molecular weight excluding hydrogens is 528 g/mol. The minimum atomic E-state index is -0.778. The van der Waals surface area contributed by atoms with Gasteiger partial charge in [0.25, 0.3) is 5.88 Å². The molecule has 2 N–H and O–H groups in total. The molecule has 0 aliphatic carbocycles. The van der Waals surface area contributed by atoms with Crippen LogP contribution in [0.1, 0.15) is 29.1 Å². The number of rotatable bonds is 7. The molecule has 0 saturated heterocycles. The quantitative estimate of drug-likeness (QED) is 0.328. The zero-order valence-electron chi connectivity index (χ0n) is 20.2. The third-order valence-electron chi connectivity index (χ3n) is 5.16. The maximum atomic E-state index is 15.0. The second-order valence-corrected chi connectivity index (χ2v) is 8.11. The first-order valence-corrected chi connectivity index (χ1v) is 11.4. The number of hydrazine groups is 1. The lowest BCUT2D eigenvalue weighted by molar-refractivity contribution is 0.0793. The van der Waals surface area contributed by atoms with E-state index in [9.17, 15) is 18.4 Å². The predicted molar refractivity (Wildman–Crippen MR) is 128 cm³/mol. The molecule has 4 aromatic rings. The van der Waals surface area contributed by atoms with Crippen LogP contribution in [-0.2, 0) is 6.54 Å². The number of nitrogens with one attached hydrogen (secondary N) is 2. The second-order valence-electron chi connectivity index (χ2n) is 7.68. The molecular formula is C23H20ClF2N7O5. The van der Waals surface area contributed by atoms with E-state index < -0.39 is 23.6 Å². The van der Waals surface area contributed by atoms with Crippen molar-refractivity contribution in [2.24, 2.45) is 0 Å². The Bertz CT molecular complexity index is 1490.